The molecule has 1 amide bonds. The Bertz CT molecular complexity index is 1070. The fraction of sp³-hybridized carbons (Fsp3) is 0.273. The molecule has 0 aliphatic heterocycles. The summed E-state index contributed by atoms with van der Waals surface area (Å²) in [7, 11) is 0. The van der Waals surface area contributed by atoms with Gasteiger partial charge in [0.1, 0.15) is 18.2 Å². The number of carboxylic acid groups (broad SMARTS) is 1. The van der Waals surface area contributed by atoms with Gasteiger partial charge >= 0.3 is 5.97 Å². The number of benzene rings is 1. The molecule has 154 valence electrons. The summed E-state index contributed by atoms with van der Waals surface area (Å²) in [6.45, 7) is -0.282. The number of carboxylic acids is 1. The smallest absolute Gasteiger partial charge is 0.323 e. The van der Waals surface area contributed by atoms with Crippen molar-refractivity contribution in [1.82, 2.24) is 14.5 Å². The van der Waals surface area contributed by atoms with E-state index in [1.807, 2.05) is 0 Å². The maximum Gasteiger partial charge on any atom is 0.323 e. The molecule has 8 heteroatoms. The number of aromatic nitrogens is 3. The van der Waals surface area contributed by atoms with Crippen molar-refractivity contribution in [3.8, 4) is 22.5 Å². The first-order chi connectivity index (χ1) is 14.5. The average Bonchev–Trinajstić information content (AvgIpc) is 3.39. The van der Waals surface area contributed by atoms with Crippen LogP contribution in [0, 0.1) is 11.7 Å². The first kappa shape index (κ1) is 19.8. The third-order valence-corrected chi connectivity index (χ3v) is 5.27. The molecule has 7 nitrogen and oxygen atoms in total. The highest BCUT2D eigenvalue weighted by molar-refractivity contribution is 5.92. The Balaban J connectivity index is 1.71. The number of imidazole rings is 1. The van der Waals surface area contributed by atoms with Gasteiger partial charge in [-0.25, -0.2) is 14.4 Å². The van der Waals surface area contributed by atoms with Gasteiger partial charge in [0.15, 0.2) is 0 Å². The number of aliphatic carboxylic acids is 1. The van der Waals surface area contributed by atoms with Crippen LogP contribution < -0.4 is 5.32 Å². The maximum atomic E-state index is 13.4. The molecule has 0 spiro atoms. The van der Waals surface area contributed by atoms with Crippen LogP contribution in [0.2, 0.25) is 0 Å². The van der Waals surface area contributed by atoms with Gasteiger partial charge in [-0.3, -0.25) is 9.59 Å². The normalized spacial score (nSPS) is 14.0. The lowest BCUT2D eigenvalue weighted by Gasteiger charge is -2.12. The number of pyridine rings is 1. The van der Waals surface area contributed by atoms with Gasteiger partial charge in [0.05, 0.1) is 17.7 Å². The van der Waals surface area contributed by atoms with Gasteiger partial charge in [-0.15, -0.1) is 0 Å². The van der Waals surface area contributed by atoms with E-state index in [0.717, 1.165) is 25.7 Å². The lowest BCUT2D eigenvalue weighted by atomic mass is 10.0. The highest BCUT2D eigenvalue weighted by Crippen LogP contribution is 2.32. The average molecular weight is 408 g/mol. The molecular weight excluding hydrogens is 387 g/mol. The number of hydrogen-bond donors (Lipinski definition) is 2. The Morgan fingerprint density at radius 3 is 2.53 bits per heavy atom. The van der Waals surface area contributed by atoms with E-state index in [2.05, 4.69) is 15.3 Å². The number of hydrogen-bond acceptors (Lipinski definition) is 4. The Labute approximate surface area is 172 Å². The SMILES string of the molecule is O=C(O)Cn1cnc(-c2ccc(F)cc2)c1-c1ccnc(NC(=O)C2CCCC2)c1. The second kappa shape index (κ2) is 8.44. The van der Waals surface area contributed by atoms with Crippen LogP contribution in [0.25, 0.3) is 22.5 Å². The molecule has 2 N–H and O–H groups in total. The summed E-state index contributed by atoms with van der Waals surface area (Å²) < 4.78 is 14.9. The minimum absolute atomic E-state index is 0.00257. The van der Waals surface area contributed by atoms with E-state index in [1.54, 1.807) is 30.5 Å². The fourth-order valence-corrected chi connectivity index (χ4v) is 3.83. The van der Waals surface area contributed by atoms with Gasteiger partial charge in [-0.05, 0) is 49.2 Å². The fourth-order valence-electron chi connectivity index (χ4n) is 3.83. The quantitative estimate of drug-likeness (QED) is 0.643. The lowest BCUT2D eigenvalue weighted by molar-refractivity contribution is -0.137. The Morgan fingerprint density at radius 1 is 1.10 bits per heavy atom. The number of amides is 1. The predicted molar refractivity (Wildman–Crippen MR) is 109 cm³/mol. The zero-order valence-electron chi connectivity index (χ0n) is 16.2. The number of nitrogens with zero attached hydrogens (tertiary/aromatic N) is 3. The molecule has 1 saturated carbocycles. The number of nitrogens with one attached hydrogen (secondary N) is 1. The largest absolute Gasteiger partial charge is 0.480 e. The second-order valence-electron chi connectivity index (χ2n) is 7.37. The van der Waals surface area contributed by atoms with Gasteiger partial charge in [-0.1, -0.05) is 12.8 Å². The number of halogens is 1. The molecule has 30 heavy (non-hydrogen) atoms. The minimum Gasteiger partial charge on any atom is -0.480 e. The van der Waals surface area contributed by atoms with Gasteiger partial charge in [-0.2, -0.15) is 0 Å². The van der Waals surface area contributed by atoms with E-state index in [4.69, 9.17) is 0 Å². The molecule has 1 aliphatic rings. The first-order valence-corrected chi connectivity index (χ1v) is 9.81. The summed E-state index contributed by atoms with van der Waals surface area (Å²) in [6, 6.07) is 9.28. The maximum absolute atomic E-state index is 13.4. The van der Waals surface area contributed by atoms with Crippen LogP contribution in [0.4, 0.5) is 10.2 Å². The summed E-state index contributed by atoms with van der Waals surface area (Å²) in [6.07, 6.45) is 6.88. The second-order valence-corrected chi connectivity index (χ2v) is 7.37. The molecule has 1 aliphatic carbocycles. The highest BCUT2D eigenvalue weighted by atomic mass is 19.1. The van der Waals surface area contributed by atoms with Crippen LogP contribution in [0.3, 0.4) is 0 Å². The van der Waals surface area contributed by atoms with Crippen molar-refractivity contribution in [2.75, 3.05) is 5.32 Å². The van der Waals surface area contributed by atoms with E-state index in [0.29, 0.717) is 28.3 Å². The van der Waals surface area contributed by atoms with Crippen LogP contribution >= 0.6 is 0 Å². The van der Waals surface area contributed by atoms with Crippen LogP contribution in [-0.4, -0.2) is 31.5 Å². The van der Waals surface area contributed by atoms with E-state index >= 15 is 0 Å². The predicted octanol–water partition coefficient (Wildman–Crippen LogP) is 3.96. The van der Waals surface area contributed by atoms with Crippen LogP contribution in [0.1, 0.15) is 25.7 Å². The molecule has 4 rings (SSSR count). The Hall–Kier alpha value is -3.55. The van der Waals surface area contributed by atoms with Crippen molar-refractivity contribution in [3.63, 3.8) is 0 Å². The van der Waals surface area contributed by atoms with Crippen LogP contribution in [-0.2, 0) is 16.1 Å². The zero-order valence-corrected chi connectivity index (χ0v) is 16.2. The Morgan fingerprint density at radius 2 is 1.83 bits per heavy atom. The molecule has 2 heterocycles. The first-order valence-electron chi connectivity index (χ1n) is 9.81. The molecule has 0 saturated heterocycles. The van der Waals surface area contributed by atoms with Crippen molar-refractivity contribution in [2.45, 2.75) is 32.2 Å². The molecule has 2 aromatic heterocycles. The van der Waals surface area contributed by atoms with E-state index in [1.165, 1.54) is 23.0 Å². The summed E-state index contributed by atoms with van der Waals surface area (Å²) in [4.78, 5) is 32.4. The topological polar surface area (TPSA) is 97.1 Å². The highest BCUT2D eigenvalue weighted by Gasteiger charge is 2.23. The molecule has 3 aromatic rings. The van der Waals surface area contributed by atoms with Gasteiger partial charge in [0.25, 0.3) is 0 Å². The third-order valence-electron chi connectivity index (χ3n) is 5.27. The van der Waals surface area contributed by atoms with E-state index < -0.39 is 5.97 Å². The summed E-state index contributed by atoms with van der Waals surface area (Å²) in [5.74, 6) is -1.02. The standard InChI is InChI=1S/C22H21FN4O3/c23-17-7-5-14(6-8-17)20-21(27(13-25-20)12-19(28)29)16-9-10-24-18(11-16)26-22(30)15-3-1-2-4-15/h5-11,13,15H,1-4,12H2,(H,28,29)(H,24,26,30). The van der Waals surface area contributed by atoms with Crippen LogP contribution in [0.5, 0.6) is 0 Å². The van der Waals surface area contributed by atoms with Gasteiger partial charge < -0.3 is 15.0 Å². The monoisotopic (exact) mass is 408 g/mol. The number of carbonyl (C=O) groups is 2. The molecule has 0 unspecified atom stereocenters. The van der Waals surface area contributed by atoms with E-state index in [-0.39, 0.29) is 24.2 Å². The minimum atomic E-state index is -1.01. The summed E-state index contributed by atoms with van der Waals surface area (Å²) >= 11 is 0. The van der Waals surface area contributed by atoms with Crippen molar-refractivity contribution in [1.29, 1.82) is 0 Å². The molecule has 1 aromatic carbocycles. The van der Waals surface area contributed by atoms with Gasteiger partial charge in [0.2, 0.25) is 5.91 Å². The van der Waals surface area contributed by atoms with Crippen LogP contribution in [0.15, 0.2) is 48.9 Å². The third kappa shape index (κ3) is 4.22. The van der Waals surface area contributed by atoms with Crippen molar-refractivity contribution < 1.29 is 19.1 Å². The molecule has 0 radical (unpaired) electrons. The number of carbonyl (C=O) groups excluding carboxylic acids is 1. The number of anilines is 1. The summed E-state index contributed by atoms with van der Waals surface area (Å²) in [5, 5.41) is 12.1. The van der Waals surface area contributed by atoms with E-state index in [9.17, 15) is 19.1 Å². The van der Waals surface area contributed by atoms with Gasteiger partial charge in [0, 0.05) is 23.2 Å². The lowest BCUT2D eigenvalue weighted by Crippen LogP contribution is -2.20. The van der Waals surface area contributed by atoms with Crippen molar-refractivity contribution >= 4 is 17.7 Å². The number of rotatable bonds is 6. The molecule has 0 bridgehead atoms. The van der Waals surface area contributed by atoms with Crippen molar-refractivity contribution in [2.24, 2.45) is 5.92 Å². The Kier molecular flexibility index (Phi) is 5.56. The molecule has 0 atom stereocenters. The zero-order chi connectivity index (χ0) is 21.1. The molecular formula is C22H21FN4O3. The summed E-state index contributed by atoms with van der Waals surface area (Å²) in [5.41, 5.74) is 2.40. The molecule has 1 fully saturated rings. The van der Waals surface area contributed by atoms with Crippen molar-refractivity contribution in [3.05, 3.63) is 54.7 Å².